The number of rotatable bonds is 5. The van der Waals surface area contributed by atoms with Gasteiger partial charge in [-0.25, -0.2) is 0 Å². The van der Waals surface area contributed by atoms with E-state index >= 15 is 0 Å². The van der Waals surface area contributed by atoms with Crippen molar-refractivity contribution in [2.75, 3.05) is 5.75 Å². The van der Waals surface area contributed by atoms with Gasteiger partial charge in [0.2, 0.25) is 0 Å². The van der Waals surface area contributed by atoms with Crippen LogP contribution in [-0.4, -0.2) is 12.7 Å². The van der Waals surface area contributed by atoms with Crippen LogP contribution in [0.4, 0.5) is 12.9 Å². The van der Waals surface area contributed by atoms with E-state index in [1.165, 1.54) is 6.26 Å². The zero-order valence-electron chi connectivity index (χ0n) is 9.30. The molecule has 0 amide bonds. The van der Waals surface area contributed by atoms with Crippen LogP contribution in [0.5, 0.6) is 0 Å². The van der Waals surface area contributed by atoms with Gasteiger partial charge in [-0.3, -0.25) is 0 Å². The molecule has 1 aromatic rings. The van der Waals surface area contributed by atoms with Gasteiger partial charge in [0.15, 0.2) is 0 Å². The fourth-order valence-corrected chi connectivity index (χ4v) is 1.96. The summed E-state index contributed by atoms with van der Waals surface area (Å²) < 4.78 is 41.5. The Bertz CT molecular complexity index is 351. The quantitative estimate of drug-likeness (QED) is 0.736. The topological polar surface area (TPSA) is 13.1 Å². The van der Waals surface area contributed by atoms with Crippen LogP contribution < -0.4 is 51.4 Å². The van der Waals surface area contributed by atoms with Gasteiger partial charge in [0.25, 0.3) is 0 Å². The first kappa shape index (κ1) is 16.9. The van der Waals surface area contributed by atoms with E-state index in [0.717, 1.165) is 23.1 Å². The second-order valence-corrected chi connectivity index (χ2v) is 4.24. The number of hydrogen-bond acceptors (Lipinski definition) is 2. The molecule has 1 heterocycles. The first-order valence-electron chi connectivity index (χ1n) is 4.39. The van der Waals surface area contributed by atoms with E-state index < -0.39 is 12.4 Å². The standard InChI is InChI=1S/C9H11BF3OS.K/c1-7-3-4-14-9(7)6-15-5-8(2)10(11,12)13;/h3-4H,2,5-6H2,1H3;/q-1;+1. The Morgan fingerprint density at radius 2 is 2.12 bits per heavy atom. The van der Waals surface area contributed by atoms with E-state index in [1.54, 1.807) is 6.07 Å². The molecule has 1 nitrogen and oxygen atoms in total. The number of hydrogen-bond donors (Lipinski definition) is 0. The molecule has 84 valence electrons. The minimum Gasteiger partial charge on any atom is -0.468 e. The molecule has 1 rings (SSSR count). The fraction of sp³-hybridized carbons (Fsp3) is 0.333. The first-order valence-corrected chi connectivity index (χ1v) is 5.55. The maximum atomic E-state index is 12.1. The maximum Gasteiger partial charge on any atom is 1.00 e. The number of halogens is 3. The van der Waals surface area contributed by atoms with E-state index in [4.69, 9.17) is 4.42 Å². The number of aryl methyl sites for hydroxylation is 1. The third kappa shape index (κ3) is 5.46. The van der Waals surface area contributed by atoms with E-state index in [9.17, 15) is 12.9 Å². The third-order valence-corrected chi connectivity index (χ3v) is 2.99. The third-order valence-electron chi connectivity index (χ3n) is 1.95. The molecule has 0 aliphatic heterocycles. The molecule has 0 bridgehead atoms. The maximum absolute atomic E-state index is 12.1. The summed E-state index contributed by atoms with van der Waals surface area (Å²) in [6, 6.07) is 1.79. The molecule has 0 unspecified atom stereocenters. The van der Waals surface area contributed by atoms with E-state index in [0.29, 0.717) is 5.75 Å². The molecule has 0 radical (unpaired) electrons. The summed E-state index contributed by atoms with van der Waals surface area (Å²) in [6.07, 6.45) is 1.54. The zero-order valence-corrected chi connectivity index (χ0v) is 13.2. The number of thioether (sulfide) groups is 1. The molecule has 1 aromatic heterocycles. The van der Waals surface area contributed by atoms with Gasteiger partial charge in [-0.05, 0) is 24.3 Å². The predicted molar refractivity (Wildman–Crippen MR) is 57.8 cm³/mol. The summed E-state index contributed by atoms with van der Waals surface area (Å²) in [5.74, 6) is 1.08. The minimum absolute atomic E-state index is 0. The van der Waals surface area contributed by atoms with Gasteiger partial charge >= 0.3 is 58.4 Å². The molecule has 0 aliphatic carbocycles. The molecule has 0 aromatic carbocycles. The van der Waals surface area contributed by atoms with E-state index in [2.05, 4.69) is 6.58 Å². The first-order chi connectivity index (χ1) is 6.91. The largest absolute Gasteiger partial charge is 1.00 e. The van der Waals surface area contributed by atoms with Gasteiger partial charge in [-0.15, -0.1) is 12.1 Å². The molecule has 0 saturated heterocycles. The van der Waals surface area contributed by atoms with Crippen molar-refractivity contribution in [1.29, 1.82) is 0 Å². The van der Waals surface area contributed by atoms with Gasteiger partial charge in [-0.2, -0.15) is 11.8 Å². The predicted octanol–water partition coefficient (Wildman–Crippen LogP) is 0.768. The molecular weight excluding hydrogens is 263 g/mol. The normalized spacial score (nSPS) is 11.0. The molecule has 0 spiro atoms. The second kappa shape index (κ2) is 7.33. The summed E-state index contributed by atoms with van der Waals surface area (Å²) in [7, 11) is 0. The summed E-state index contributed by atoms with van der Waals surface area (Å²) in [5, 5.41) is 0. The number of furan rings is 1. The Kier molecular flexibility index (Phi) is 7.72. The molecule has 16 heavy (non-hydrogen) atoms. The van der Waals surface area contributed by atoms with Crippen molar-refractivity contribution < 1.29 is 68.7 Å². The summed E-state index contributed by atoms with van der Waals surface area (Å²) in [4.78, 5) is 0. The Hall–Kier alpha value is 0.861. The van der Waals surface area contributed by atoms with Gasteiger partial charge in [0.1, 0.15) is 5.76 Å². The molecule has 0 saturated carbocycles. The monoisotopic (exact) mass is 274 g/mol. The average Bonchev–Trinajstić information content (AvgIpc) is 2.50. The zero-order chi connectivity index (χ0) is 11.5. The van der Waals surface area contributed by atoms with Crippen LogP contribution in [0.3, 0.4) is 0 Å². The van der Waals surface area contributed by atoms with Crippen LogP contribution in [-0.2, 0) is 5.75 Å². The molecule has 0 atom stereocenters. The van der Waals surface area contributed by atoms with Crippen LogP contribution in [0.15, 0.2) is 28.8 Å². The van der Waals surface area contributed by atoms with Crippen molar-refractivity contribution in [3.05, 3.63) is 35.7 Å². The second-order valence-electron chi connectivity index (χ2n) is 3.25. The van der Waals surface area contributed by atoms with E-state index in [1.807, 2.05) is 6.92 Å². The van der Waals surface area contributed by atoms with Crippen molar-refractivity contribution in [2.24, 2.45) is 0 Å². The summed E-state index contributed by atoms with van der Waals surface area (Å²) in [5.41, 5.74) is 0.315. The summed E-state index contributed by atoms with van der Waals surface area (Å²) >= 11 is 1.16. The molecule has 7 heteroatoms. The van der Waals surface area contributed by atoms with Crippen molar-refractivity contribution in [3.63, 3.8) is 0 Å². The fourth-order valence-electron chi connectivity index (χ4n) is 0.921. The van der Waals surface area contributed by atoms with Gasteiger partial charge in [0.05, 0.1) is 12.0 Å². The van der Waals surface area contributed by atoms with Crippen molar-refractivity contribution in [2.45, 2.75) is 12.7 Å². The Labute approximate surface area is 140 Å². The molecular formula is C9H11BF3KOS. The smallest absolute Gasteiger partial charge is 0.468 e. The van der Waals surface area contributed by atoms with Crippen LogP contribution in [0.1, 0.15) is 11.3 Å². The van der Waals surface area contributed by atoms with Crippen LogP contribution in [0, 0.1) is 6.92 Å². The molecule has 0 aliphatic rings. The van der Waals surface area contributed by atoms with Gasteiger partial charge in [0, 0.05) is 0 Å². The van der Waals surface area contributed by atoms with Crippen molar-refractivity contribution in [3.8, 4) is 0 Å². The Morgan fingerprint density at radius 1 is 1.50 bits per heavy atom. The summed E-state index contributed by atoms with van der Waals surface area (Å²) in [6.45, 7) is -0.0150. The average molecular weight is 274 g/mol. The SMILES string of the molecule is C=C(CSCc1occc1C)[B-](F)(F)F.[K+]. The van der Waals surface area contributed by atoms with Crippen LogP contribution in [0.25, 0.3) is 0 Å². The van der Waals surface area contributed by atoms with Gasteiger partial charge < -0.3 is 17.4 Å². The van der Waals surface area contributed by atoms with E-state index in [-0.39, 0.29) is 57.1 Å². The molecule has 0 N–H and O–H groups in total. The van der Waals surface area contributed by atoms with Crippen molar-refractivity contribution >= 4 is 18.7 Å². The molecule has 0 fully saturated rings. The Balaban J connectivity index is 0.00000225. The van der Waals surface area contributed by atoms with Crippen molar-refractivity contribution in [1.82, 2.24) is 0 Å². The van der Waals surface area contributed by atoms with Crippen LogP contribution >= 0.6 is 11.8 Å². The van der Waals surface area contributed by atoms with Gasteiger partial charge in [-0.1, -0.05) is 0 Å². The van der Waals surface area contributed by atoms with Crippen LogP contribution in [0.2, 0.25) is 0 Å². The minimum atomic E-state index is -4.90. The Morgan fingerprint density at radius 3 is 2.56 bits per heavy atom.